The molecule has 6 heteroatoms. The van der Waals surface area contributed by atoms with Crippen molar-refractivity contribution in [2.24, 2.45) is 11.8 Å². The Labute approximate surface area is 179 Å². The summed E-state index contributed by atoms with van der Waals surface area (Å²) in [6.45, 7) is 5.94. The molecular formula is C24H32BNO4. The Morgan fingerprint density at radius 2 is 1.60 bits per heavy atom. The maximum absolute atomic E-state index is 13.0. The molecule has 3 N–H and O–H groups in total. The highest BCUT2D eigenvalue weighted by molar-refractivity contribution is 6.43. The number of Topliss-reactive ketones (excluding diaryl/α,β-unsaturated/α-hetero) is 1. The molecule has 0 heterocycles. The number of nitrogens with one attached hydrogen (secondary N) is 1. The summed E-state index contributed by atoms with van der Waals surface area (Å²) in [6.07, 6.45) is 1.11. The van der Waals surface area contributed by atoms with Crippen molar-refractivity contribution >= 4 is 24.5 Å². The van der Waals surface area contributed by atoms with Gasteiger partial charge in [0.05, 0.1) is 0 Å². The Bertz CT molecular complexity index is 806. The number of ketones is 1. The third-order valence-corrected chi connectivity index (χ3v) is 5.17. The van der Waals surface area contributed by atoms with E-state index in [2.05, 4.69) is 5.32 Å². The molecule has 0 saturated heterocycles. The van der Waals surface area contributed by atoms with Gasteiger partial charge in [-0.25, -0.2) is 0 Å². The lowest BCUT2D eigenvalue weighted by molar-refractivity contribution is -0.126. The molecule has 0 fully saturated rings. The van der Waals surface area contributed by atoms with Crippen LogP contribution >= 0.6 is 0 Å². The summed E-state index contributed by atoms with van der Waals surface area (Å²) in [5.74, 6) is -1.14. The van der Waals surface area contributed by atoms with E-state index < -0.39 is 18.9 Å². The van der Waals surface area contributed by atoms with Crippen molar-refractivity contribution in [1.29, 1.82) is 0 Å². The Morgan fingerprint density at radius 1 is 0.967 bits per heavy atom. The number of carbonyl (C=O) groups is 2. The number of aryl methyl sites for hydroxylation is 1. The normalized spacial score (nSPS) is 13.0. The van der Waals surface area contributed by atoms with Crippen LogP contribution in [-0.4, -0.2) is 28.9 Å². The number of amides is 1. The summed E-state index contributed by atoms with van der Waals surface area (Å²) < 4.78 is 0. The molecular weight excluding hydrogens is 377 g/mol. The van der Waals surface area contributed by atoms with Crippen molar-refractivity contribution in [1.82, 2.24) is 0 Å². The van der Waals surface area contributed by atoms with Gasteiger partial charge in [-0.2, -0.15) is 0 Å². The summed E-state index contributed by atoms with van der Waals surface area (Å²) >= 11 is 0. The molecule has 0 spiro atoms. The fourth-order valence-corrected chi connectivity index (χ4v) is 3.60. The number of rotatable bonds is 11. The van der Waals surface area contributed by atoms with Gasteiger partial charge in [-0.1, -0.05) is 61.9 Å². The van der Waals surface area contributed by atoms with E-state index in [0.717, 1.165) is 11.1 Å². The Morgan fingerprint density at radius 3 is 2.17 bits per heavy atom. The summed E-state index contributed by atoms with van der Waals surface area (Å²) in [7, 11) is -1.54. The average Bonchev–Trinajstić information content (AvgIpc) is 2.69. The van der Waals surface area contributed by atoms with Gasteiger partial charge in [0.15, 0.2) is 0 Å². The summed E-state index contributed by atoms with van der Waals surface area (Å²) in [6, 6.07) is 17.1. The van der Waals surface area contributed by atoms with Crippen LogP contribution in [0.5, 0.6) is 0 Å². The molecule has 0 unspecified atom stereocenters. The van der Waals surface area contributed by atoms with Crippen molar-refractivity contribution in [3.05, 3.63) is 65.7 Å². The highest BCUT2D eigenvalue weighted by atomic mass is 16.4. The second-order valence-electron chi connectivity index (χ2n) is 8.49. The molecule has 1 amide bonds. The van der Waals surface area contributed by atoms with Gasteiger partial charge in [0, 0.05) is 30.3 Å². The van der Waals surface area contributed by atoms with Crippen molar-refractivity contribution < 1.29 is 19.6 Å². The molecule has 0 aliphatic heterocycles. The monoisotopic (exact) mass is 409 g/mol. The zero-order chi connectivity index (χ0) is 22.1. The zero-order valence-electron chi connectivity index (χ0n) is 18.0. The van der Waals surface area contributed by atoms with E-state index in [1.54, 1.807) is 0 Å². The van der Waals surface area contributed by atoms with E-state index in [1.807, 2.05) is 75.4 Å². The number of benzene rings is 2. The Hall–Kier alpha value is -2.44. The molecule has 2 atom stereocenters. The number of hydrogen-bond donors (Lipinski definition) is 3. The van der Waals surface area contributed by atoms with E-state index >= 15 is 0 Å². The van der Waals surface area contributed by atoms with Gasteiger partial charge < -0.3 is 15.4 Å². The van der Waals surface area contributed by atoms with Crippen LogP contribution in [0.2, 0.25) is 5.82 Å². The highest BCUT2D eigenvalue weighted by Crippen LogP contribution is 2.26. The quantitative estimate of drug-likeness (QED) is 0.489. The maximum atomic E-state index is 13.0. The first-order valence-electron chi connectivity index (χ1n) is 10.5. The molecule has 30 heavy (non-hydrogen) atoms. The average molecular weight is 409 g/mol. The van der Waals surface area contributed by atoms with Crippen molar-refractivity contribution in [2.75, 3.05) is 5.32 Å². The van der Waals surface area contributed by atoms with Crippen LogP contribution < -0.4 is 5.32 Å². The smallest absolute Gasteiger partial charge is 0.427 e. The SMILES string of the molecule is Cc1ccc(NC(=O)[C@@H](CC(=O)C[C@@H](CC(C)C)B(O)O)Cc2ccccc2)cc1. The van der Waals surface area contributed by atoms with Crippen LogP contribution in [0.25, 0.3) is 0 Å². The molecule has 0 bridgehead atoms. The maximum Gasteiger partial charge on any atom is 0.455 e. The summed E-state index contributed by atoms with van der Waals surface area (Å²) in [5.41, 5.74) is 2.78. The summed E-state index contributed by atoms with van der Waals surface area (Å²) in [5, 5.41) is 22.2. The van der Waals surface area contributed by atoms with E-state index in [4.69, 9.17) is 0 Å². The molecule has 160 valence electrons. The molecule has 2 aromatic rings. The van der Waals surface area contributed by atoms with Gasteiger partial charge in [-0.15, -0.1) is 0 Å². The number of carbonyl (C=O) groups excluding carboxylic acids is 2. The van der Waals surface area contributed by atoms with E-state index in [-0.39, 0.29) is 30.4 Å². The fraction of sp³-hybridized carbons (Fsp3) is 0.417. The molecule has 0 radical (unpaired) electrons. The minimum absolute atomic E-state index is 0.0545. The third-order valence-electron chi connectivity index (χ3n) is 5.17. The van der Waals surface area contributed by atoms with E-state index in [1.165, 1.54) is 0 Å². The second kappa shape index (κ2) is 11.7. The molecule has 0 aliphatic rings. The Kier molecular flexibility index (Phi) is 9.28. The van der Waals surface area contributed by atoms with E-state index in [0.29, 0.717) is 18.5 Å². The predicted molar refractivity (Wildman–Crippen MR) is 121 cm³/mol. The van der Waals surface area contributed by atoms with Gasteiger partial charge in [0.1, 0.15) is 5.78 Å². The Balaban J connectivity index is 2.10. The fourth-order valence-electron chi connectivity index (χ4n) is 3.60. The molecule has 0 aliphatic carbocycles. The molecule has 2 rings (SSSR count). The van der Waals surface area contributed by atoms with Gasteiger partial charge >= 0.3 is 7.12 Å². The standard InChI is InChI=1S/C24H32BNO4/c1-17(2)13-21(25(29)30)16-23(27)15-20(14-19-7-5-4-6-8-19)24(28)26-22-11-9-18(3)10-12-22/h4-12,17,20-21,29-30H,13-16H2,1-3H3,(H,26,28)/t20-,21-/m1/s1. The van der Waals surface area contributed by atoms with Crippen LogP contribution in [0.15, 0.2) is 54.6 Å². The first-order chi connectivity index (χ1) is 14.2. The van der Waals surface area contributed by atoms with Gasteiger partial charge in [0.2, 0.25) is 5.91 Å². The minimum atomic E-state index is -1.54. The van der Waals surface area contributed by atoms with Crippen LogP contribution in [0.4, 0.5) is 5.69 Å². The van der Waals surface area contributed by atoms with E-state index in [9.17, 15) is 19.6 Å². The second-order valence-corrected chi connectivity index (χ2v) is 8.49. The lowest BCUT2D eigenvalue weighted by atomic mass is 9.66. The van der Waals surface area contributed by atoms with Crippen LogP contribution in [-0.2, 0) is 16.0 Å². The van der Waals surface area contributed by atoms with Crippen LogP contribution in [0.1, 0.15) is 44.2 Å². The third kappa shape index (κ3) is 8.13. The lowest BCUT2D eigenvalue weighted by Crippen LogP contribution is -2.29. The van der Waals surface area contributed by atoms with Crippen LogP contribution in [0, 0.1) is 18.8 Å². The molecule has 0 aromatic heterocycles. The number of hydrogen-bond acceptors (Lipinski definition) is 4. The zero-order valence-corrected chi connectivity index (χ0v) is 18.0. The van der Waals surface area contributed by atoms with Crippen LogP contribution in [0.3, 0.4) is 0 Å². The minimum Gasteiger partial charge on any atom is -0.427 e. The lowest BCUT2D eigenvalue weighted by Gasteiger charge is -2.20. The molecule has 2 aromatic carbocycles. The predicted octanol–water partition coefficient (Wildman–Crippen LogP) is 4.03. The van der Waals surface area contributed by atoms with Gasteiger partial charge in [-0.3, -0.25) is 9.59 Å². The largest absolute Gasteiger partial charge is 0.455 e. The summed E-state index contributed by atoms with van der Waals surface area (Å²) in [4.78, 5) is 25.7. The van der Waals surface area contributed by atoms with Gasteiger partial charge in [0.25, 0.3) is 0 Å². The first kappa shape index (κ1) is 23.8. The number of anilines is 1. The van der Waals surface area contributed by atoms with Crippen molar-refractivity contribution in [3.8, 4) is 0 Å². The van der Waals surface area contributed by atoms with Crippen molar-refractivity contribution in [3.63, 3.8) is 0 Å². The first-order valence-corrected chi connectivity index (χ1v) is 10.5. The van der Waals surface area contributed by atoms with Gasteiger partial charge in [-0.05, 0) is 43.4 Å². The highest BCUT2D eigenvalue weighted by Gasteiger charge is 2.29. The topological polar surface area (TPSA) is 86.6 Å². The van der Waals surface area contributed by atoms with Crippen molar-refractivity contribution in [2.45, 2.75) is 52.3 Å². The molecule has 5 nitrogen and oxygen atoms in total. The molecule has 0 saturated carbocycles.